The zero-order valence-corrected chi connectivity index (χ0v) is 21.3. The number of hydrogen-bond acceptors (Lipinski definition) is 2. The molecule has 0 aliphatic carbocycles. The number of hydrogen-bond donors (Lipinski definition) is 1. The quantitative estimate of drug-likeness (QED) is 0.480. The normalized spacial score (nSPS) is 12.5. The zero-order valence-electron chi connectivity index (χ0n) is 19.8. The van der Waals surface area contributed by atoms with Crippen molar-refractivity contribution in [1.82, 2.24) is 10.2 Å². The van der Waals surface area contributed by atoms with Crippen LogP contribution in [0.25, 0.3) is 0 Å². The Hall–Kier alpha value is -2.04. The fraction of sp³-hybridized carbons (Fsp3) is 0.462. The second kappa shape index (κ2) is 11.2. The van der Waals surface area contributed by atoms with Crippen molar-refractivity contribution >= 4 is 35.0 Å². The molecule has 0 aliphatic heterocycles. The molecule has 6 heteroatoms. The maximum Gasteiger partial charge on any atom is 0.242 e. The highest BCUT2D eigenvalue weighted by Crippen LogP contribution is 2.24. The van der Waals surface area contributed by atoms with Gasteiger partial charge in [-0.2, -0.15) is 0 Å². The fourth-order valence-corrected chi connectivity index (χ4v) is 3.82. The van der Waals surface area contributed by atoms with E-state index in [0.717, 1.165) is 11.1 Å². The van der Waals surface area contributed by atoms with Gasteiger partial charge in [0.25, 0.3) is 0 Å². The lowest BCUT2D eigenvalue weighted by Crippen LogP contribution is -2.52. The van der Waals surface area contributed by atoms with Crippen molar-refractivity contribution in [3.8, 4) is 0 Å². The Kier molecular flexibility index (Phi) is 9.18. The topological polar surface area (TPSA) is 49.4 Å². The highest BCUT2D eigenvalue weighted by atomic mass is 35.5. The average Bonchev–Trinajstić information content (AvgIpc) is 2.70. The van der Waals surface area contributed by atoms with Crippen LogP contribution in [0.1, 0.15) is 70.6 Å². The summed E-state index contributed by atoms with van der Waals surface area (Å²) < 4.78 is 0. The molecule has 1 N–H and O–H groups in total. The summed E-state index contributed by atoms with van der Waals surface area (Å²) in [4.78, 5) is 27.7. The summed E-state index contributed by atoms with van der Waals surface area (Å²) in [6.45, 7) is 12.0. The SMILES string of the molecule is CC(C)c1ccc(CCC(=O)N(Cc2ccc(Cl)cc2Cl)[C@@H](C)C(=O)NC(C)(C)C)cc1. The molecular formula is C26H34Cl2N2O2. The van der Waals surface area contributed by atoms with Crippen molar-refractivity contribution in [2.75, 3.05) is 0 Å². The van der Waals surface area contributed by atoms with E-state index in [1.54, 1.807) is 30.0 Å². The van der Waals surface area contributed by atoms with Crippen molar-refractivity contribution in [1.29, 1.82) is 0 Å². The Morgan fingerprint density at radius 3 is 2.16 bits per heavy atom. The number of nitrogens with one attached hydrogen (secondary N) is 1. The lowest BCUT2D eigenvalue weighted by molar-refractivity contribution is -0.141. The van der Waals surface area contributed by atoms with Gasteiger partial charge in [0.2, 0.25) is 11.8 Å². The Balaban J connectivity index is 2.19. The maximum absolute atomic E-state index is 13.3. The first-order chi connectivity index (χ1) is 14.9. The fourth-order valence-electron chi connectivity index (χ4n) is 3.35. The molecule has 32 heavy (non-hydrogen) atoms. The van der Waals surface area contributed by atoms with Gasteiger partial charge in [-0.1, -0.05) is 67.4 Å². The first-order valence-corrected chi connectivity index (χ1v) is 11.8. The summed E-state index contributed by atoms with van der Waals surface area (Å²) in [5, 5.41) is 3.97. The molecule has 0 spiro atoms. The molecule has 0 aromatic heterocycles. The van der Waals surface area contributed by atoms with E-state index in [4.69, 9.17) is 23.2 Å². The van der Waals surface area contributed by atoms with Crippen LogP contribution in [0.4, 0.5) is 0 Å². The molecule has 0 saturated heterocycles. The predicted molar refractivity (Wildman–Crippen MR) is 133 cm³/mol. The summed E-state index contributed by atoms with van der Waals surface area (Å²) in [7, 11) is 0. The van der Waals surface area contributed by atoms with Gasteiger partial charge in [0.05, 0.1) is 0 Å². The average molecular weight is 477 g/mol. The number of aryl methyl sites for hydroxylation is 1. The largest absolute Gasteiger partial charge is 0.350 e. The summed E-state index contributed by atoms with van der Waals surface area (Å²) in [6.07, 6.45) is 0.912. The molecule has 0 aliphatic rings. The molecule has 0 fully saturated rings. The second-order valence-electron chi connectivity index (χ2n) is 9.57. The van der Waals surface area contributed by atoms with Gasteiger partial charge >= 0.3 is 0 Å². The molecular weight excluding hydrogens is 443 g/mol. The predicted octanol–water partition coefficient (Wildman–Crippen LogP) is 6.38. The van der Waals surface area contributed by atoms with E-state index >= 15 is 0 Å². The van der Waals surface area contributed by atoms with Crippen molar-refractivity contribution in [3.63, 3.8) is 0 Å². The van der Waals surface area contributed by atoms with Gasteiger partial charge < -0.3 is 10.2 Å². The Morgan fingerprint density at radius 1 is 1.00 bits per heavy atom. The van der Waals surface area contributed by atoms with Gasteiger partial charge in [0, 0.05) is 28.5 Å². The number of amides is 2. The van der Waals surface area contributed by atoms with Crippen molar-refractivity contribution in [2.45, 2.75) is 78.4 Å². The van der Waals surface area contributed by atoms with Crippen LogP contribution in [0.15, 0.2) is 42.5 Å². The van der Waals surface area contributed by atoms with Gasteiger partial charge in [-0.15, -0.1) is 0 Å². The summed E-state index contributed by atoms with van der Waals surface area (Å²) >= 11 is 12.4. The van der Waals surface area contributed by atoms with E-state index in [9.17, 15) is 9.59 Å². The van der Waals surface area contributed by atoms with Crippen LogP contribution in [-0.4, -0.2) is 28.3 Å². The second-order valence-corrected chi connectivity index (χ2v) is 10.4. The maximum atomic E-state index is 13.3. The zero-order chi connectivity index (χ0) is 24.1. The molecule has 4 nitrogen and oxygen atoms in total. The third-order valence-corrected chi connectivity index (χ3v) is 5.88. The Labute approximate surface area is 202 Å². The van der Waals surface area contributed by atoms with Crippen LogP contribution in [0.3, 0.4) is 0 Å². The van der Waals surface area contributed by atoms with E-state index in [-0.39, 0.29) is 18.4 Å². The third-order valence-electron chi connectivity index (χ3n) is 5.30. The van der Waals surface area contributed by atoms with E-state index < -0.39 is 11.6 Å². The van der Waals surface area contributed by atoms with Gasteiger partial charge in [-0.05, 0) is 68.9 Å². The smallest absolute Gasteiger partial charge is 0.242 e. The third kappa shape index (κ3) is 7.83. The highest BCUT2D eigenvalue weighted by molar-refractivity contribution is 6.35. The summed E-state index contributed by atoms with van der Waals surface area (Å²) in [5.74, 6) is 0.171. The molecule has 2 amide bonds. The molecule has 0 heterocycles. The molecule has 0 bridgehead atoms. The standard InChI is InChI=1S/C26H34Cl2N2O2/c1-17(2)20-10-7-19(8-11-20)9-14-24(31)30(18(3)25(32)29-26(4,5)6)16-21-12-13-22(27)15-23(21)28/h7-8,10-13,15,17-18H,9,14,16H2,1-6H3,(H,29,32)/t18-/m0/s1. The highest BCUT2D eigenvalue weighted by Gasteiger charge is 2.28. The molecule has 2 aromatic carbocycles. The number of rotatable bonds is 8. The van der Waals surface area contributed by atoms with E-state index in [2.05, 4.69) is 43.4 Å². The minimum Gasteiger partial charge on any atom is -0.350 e. The van der Waals surface area contributed by atoms with Gasteiger partial charge in [0.1, 0.15) is 6.04 Å². The first kappa shape index (κ1) is 26.2. The van der Waals surface area contributed by atoms with Crippen molar-refractivity contribution in [3.05, 3.63) is 69.2 Å². The first-order valence-electron chi connectivity index (χ1n) is 11.0. The molecule has 1 atom stereocenters. The number of nitrogens with zero attached hydrogens (tertiary/aromatic N) is 1. The summed E-state index contributed by atoms with van der Waals surface area (Å²) in [5.41, 5.74) is 2.72. The van der Waals surface area contributed by atoms with Crippen molar-refractivity contribution in [2.24, 2.45) is 0 Å². The van der Waals surface area contributed by atoms with Crippen LogP contribution >= 0.6 is 23.2 Å². The van der Waals surface area contributed by atoms with Gasteiger partial charge in [-0.25, -0.2) is 0 Å². The van der Waals surface area contributed by atoms with Crippen LogP contribution in [-0.2, 0) is 22.6 Å². The molecule has 0 unspecified atom stereocenters. The summed E-state index contributed by atoms with van der Waals surface area (Å²) in [6, 6.07) is 12.9. The van der Waals surface area contributed by atoms with E-state index in [0.29, 0.717) is 28.8 Å². The molecule has 0 radical (unpaired) electrons. The molecule has 174 valence electrons. The monoisotopic (exact) mass is 476 g/mol. The minimum absolute atomic E-state index is 0.0967. The van der Waals surface area contributed by atoms with Crippen LogP contribution in [0.2, 0.25) is 10.0 Å². The van der Waals surface area contributed by atoms with Crippen LogP contribution in [0, 0.1) is 0 Å². The van der Waals surface area contributed by atoms with E-state index in [1.165, 1.54) is 5.56 Å². The Morgan fingerprint density at radius 2 is 1.62 bits per heavy atom. The molecule has 2 aromatic rings. The van der Waals surface area contributed by atoms with Crippen LogP contribution in [0.5, 0.6) is 0 Å². The van der Waals surface area contributed by atoms with E-state index in [1.807, 2.05) is 20.8 Å². The molecule has 0 saturated carbocycles. The minimum atomic E-state index is -0.642. The number of carbonyl (C=O) groups excluding carboxylic acids is 2. The van der Waals surface area contributed by atoms with Gasteiger partial charge in [0.15, 0.2) is 0 Å². The number of halogens is 2. The Bertz CT molecular complexity index is 934. The molecule has 2 rings (SSSR count). The van der Waals surface area contributed by atoms with Crippen molar-refractivity contribution < 1.29 is 9.59 Å². The number of carbonyl (C=O) groups is 2. The number of benzene rings is 2. The van der Waals surface area contributed by atoms with Gasteiger partial charge in [-0.3, -0.25) is 9.59 Å². The van der Waals surface area contributed by atoms with Crippen LogP contribution < -0.4 is 5.32 Å². The lowest BCUT2D eigenvalue weighted by Gasteiger charge is -2.31. The lowest BCUT2D eigenvalue weighted by atomic mass is 10.00.